The van der Waals surface area contributed by atoms with Crippen LogP contribution in [-0.2, 0) is 9.53 Å². The predicted octanol–water partition coefficient (Wildman–Crippen LogP) is 4.90. The molecule has 1 aliphatic rings. The van der Waals surface area contributed by atoms with Crippen LogP contribution in [-0.4, -0.2) is 45.1 Å². The number of thioether (sulfide) groups is 1. The number of esters is 1. The molecule has 0 saturated carbocycles. The lowest BCUT2D eigenvalue weighted by molar-refractivity contribution is -0.121. The van der Waals surface area contributed by atoms with E-state index in [1.807, 2.05) is 38.3 Å². The van der Waals surface area contributed by atoms with Gasteiger partial charge in [0.25, 0.3) is 5.91 Å². The van der Waals surface area contributed by atoms with E-state index in [0.717, 1.165) is 22.6 Å². The fraction of sp³-hybridized carbons (Fsp3) is 0.200. The molecule has 0 atom stereocenters. The van der Waals surface area contributed by atoms with Crippen molar-refractivity contribution in [2.45, 2.75) is 20.8 Å². The van der Waals surface area contributed by atoms with Gasteiger partial charge in [-0.3, -0.25) is 14.7 Å². The molecule has 4 rings (SSSR count). The molecule has 1 fully saturated rings. The maximum absolute atomic E-state index is 12.9. The van der Waals surface area contributed by atoms with Gasteiger partial charge in [0.1, 0.15) is 0 Å². The summed E-state index contributed by atoms with van der Waals surface area (Å²) in [6.07, 6.45) is 5.47. The summed E-state index contributed by atoms with van der Waals surface area (Å²) in [5, 5.41) is 0.580. The summed E-state index contributed by atoms with van der Waals surface area (Å²) in [6, 6.07) is 12.8. The number of rotatable bonds is 5. The fourth-order valence-electron chi connectivity index (χ4n) is 3.61. The molecule has 0 aliphatic carbocycles. The fourth-order valence-corrected chi connectivity index (χ4v) is 4.58. The Morgan fingerprint density at radius 1 is 1.21 bits per heavy atom. The van der Waals surface area contributed by atoms with Gasteiger partial charge in [-0.05, 0) is 86.6 Å². The number of nitrogens with zero attached hydrogens (tertiary/aromatic N) is 4. The van der Waals surface area contributed by atoms with Crippen molar-refractivity contribution in [3.63, 3.8) is 0 Å². The highest BCUT2D eigenvalue weighted by molar-refractivity contribution is 8.18. The molecule has 8 heteroatoms. The highest BCUT2D eigenvalue weighted by Gasteiger charge is 2.30. The lowest BCUT2D eigenvalue weighted by atomic mass is 10.2. The molecule has 7 nitrogen and oxygen atoms in total. The van der Waals surface area contributed by atoms with Crippen molar-refractivity contribution in [1.82, 2.24) is 14.5 Å². The van der Waals surface area contributed by atoms with Crippen LogP contribution in [0.3, 0.4) is 0 Å². The summed E-state index contributed by atoms with van der Waals surface area (Å²) >= 11 is 1.33. The molecule has 1 aromatic carbocycles. The van der Waals surface area contributed by atoms with Gasteiger partial charge in [0.2, 0.25) is 0 Å². The van der Waals surface area contributed by atoms with Crippen molar-refractivity contribution in [1.29, 1.82) is 0 Å². The zero-order valence-electron chi connectivity index (χ0n) is 18.9. The van der Waals surface area contributed by atoms with E-state index in [1.165, 1.54) is 16.7 Å². The van der Waals surface area contributed by atoms with Gasteiger partial charge in [0.15, 0.2) is 5.17 Å². The normalized spacial score (nSPS) is 16.1. The van der Waals surface area contributed by atoms with Gasteiger partial charge in [0.05, 0.1) is 34.6 Å². The third-order valence-corrected chi connectivity index (χ3v) is 6.33. The first-order chi connectivity index (χ1) is 15.9. The van der Waals surface area contributed by atoms with E-state index in [-0.39, 0.29) is 11.9 Å². The standard InChI is InChI=1S/C25H24N4O3S/c1-5-32-24(31)18-8-10-20(11-9-18)27-25-28(4)23(30)22(33-25)14-19-13-16(2)29(17(19)3)21-7-6-12-26-15-21/h6-15H,5H2,1-4H3/b22-14-,27-25?. The smallest absolute Gasteiger partial charge is 0.338 e. The Hall–Kier alpha value is -3.65. The van der Waals surface area contributed by atoms with Gasteiger partial charge in [-0.15, -0.1) is 0 Å². The number of aromatic nitrogens is 2. The first-order valence-corrected chi connectivity index (χ1v) is 11.3. The van der Waals surface area contributed by atoms with E-state index in [9.17, 15) is 9.59 Å². The van der Waals surface area contributed by atoms with Crippen molar-refractivity contribution in [3.05, 3.63) is 82.3 Å². The number of carbonyl (C=O) groups is 2. The monoisotopic (exact) mass is 460 g/mol. The van der Waals surface area contributed by atoms with Crippen molar-refractivity contribution in [3.8, 4) is 5.69 Å². The van der Waals surface area contributed by atoms with E-state index < -0.39 is 0 Å². The number of benzene rings is 1. The molecule has 2 aromatic heterocycles. The van der Waals surface area contributed by atoms with Crippen LogP contribution in [0.4, 0.5) is 5.69 Å². The molecule has 3 heterocycles. The second kappa shape index (κ2) is 9.46. The maximum atomic E-state index is 12.9. The number of hydrogen-bond acceptors (Lipinski definition) is 6. The third kappa shape index (κ3) is 4.61. The van der Waals surface area contributed by atoms with Gasteiger partial charge in [-0.2, -0.15) is 0 Å². The number of amides is 1. The third-order valence-electron chi connectivity index (χ3n) is 5.27. The minimum absolute atomic E-state index is 0.104. The summed E-state index contributed by atoms with van der Waals surface area (Å²) in [5.41, 5.74) is 5.17. The van der Waals surface area contributed by atoms with Crippen molar-refractivity contribution >= 4 is 40.6 Å². The quantitative estimate of drug-likeness (QED) is 0.400. The van der Waals surface area contributed by atoms with Gasteiger partial charge in [-0.25, -0.2) is 9.79 Å². The highest BCUT2D eigenvalue weighted by Crippen LogP contribution is 2.34. The number of aliphatic imine (C=N–C) groups is 1. The van der Waals surface area contributed by atoms with E-state index >= 15 is 0 Å². The molecule has 168 valence electrons. The first kappa shape index (κ1) is 22.5. The molecule has 0 spiro atoms. The van der Waals surface area contributed by atoms with Gasteiger partial charge in [0, 0.05) is 24.6 Å². The summed E-state index contributed by atoms with van der Waals surface area (Å²) in [5.74, 6) is -0.471. The second-order valence-electron chi connectivity index (χ2n) is 7.51. The molecular formula is C25H24N4O3S. The summed E-state index contributed by atoms with van der Waals surface area (Å²) in [6.45, 7) is 6.15. The minimum Gasteiger partial charge on any atom is -0.462 e. The zero-order valence-corrected chi connectivity index (χ0v) is 19.7. The molecule has 33 heavy (non-hydrogen) atoms. The number of aryl methyl sites for hydroxylation is 1. The van der Waals surface area contributed by atoms with Crippen LogP contribution in [0.5, 0.6) is 0 Å². The molecule has 0 radical (unpaired) electrons. The Labute approximate surface area is 196 Å². The number of amidine groups is 1. The lowest BCUT2D eigenvalue weighted by Gasteiger charge is -2.08. The largest absolute Gasteiger partial charge is 0.462 e. The van der Waals surface area contributed by atoms with E-state index in [2.05, 4.69) is 20.6 Å². The number of carbonyl (C=O) groups excluding carboxylic acids is 2. The maximum Gasteiger partial charge on any atom is 0.338 e. The van der Waals surface area contributed by atoms with Crippen LogP contribution in [0.25, 0.3) is 11.8 Å². The Balaban J connectivity index is 1.59. The minimum atomic E-state index is -0.367. The van der Waals surface area contributed by atoms with Crippen molar-refractivity contribution in [2.24, 2.45) is 4.99 Å². The SMILES string of the molecule is CCOC(=O)c1ccc(N=C2S/C(=C\c3cc(C)n(-c4cccnc4)c3C)C(=O)N2C)cc1. The highest BCUT2D eigenvalue weighted by atomic mass is 32.2. The van der Waals surface area contributed by atoms with Crippen molar-refractivity contribution in [2.75, 3.05) is 13.7 Å². The molecule has 0 unspecified atom stereocenters. The molecule has 0 N–H and O–H groups in total. The van der Waals surface area contributed by atoms with Gasteiger partial charge in [-0.1, -0.05) is 0 Å². The summed E-state index contributed by atoms with van der Waals surface area (Å²) in [7, 11) is 1.71. The van der Waals surface area contributed by atoms with Gasteiger partial charge < -0.3 is 9.30 Å². The van der Waals surface area contributed by atoms with E-state index in [4.69, 9.17) is 4.74 Å². The van der Waals surface area contributed by atoms with Crippen LogP contribution in [0.15, 0.2) is 64.8 Å². The molecule has 0 bridgehead atoms. The van der Waals surface area contributed by atoms with Crippen LogP contribution < -0.4 is 0 Å². The van der Waals surface area contributed by atoms with Crippen molar-refractivity contribution < 1.29 is 14.3 Å². The molecule has 1 aliphatic heterocycles. The van der Waals surface area contributed by atoms with Crippen LogP contribution in [0, 0.1) is 13.8 Å². The Morgan fingerprint density at radius 2 is 1.97 bits per heavy atom. The average molecular weight is 461 g/mol. The molecule has 1 amide bonds. The number of hydrogen-bond donors (Lipinski definition) is 0. The number of likely N-dealkylation sites (N-methyl/N-ethyl adjacent to an activating group) is 1. The number of ether oxygens (including phenoxy) is 1. The first-order valence-electron chi connectivity index (χ1n) is 10.5. The lowest BCUT2D eigenvalue weighted by Crippen LogP contribution is -2.23. The van der Waals surface area contributed by atoms with Crippen LogP contribution >= 0.6 is 11.8 Å². The molecule has 1 saturated heterocycles. The van der Waals surface area contributed by atoms with E-state index in [1.54, 1.807) is 44.4 Å². The van der Waals surface area contributed by atoms with Crippen LogP contribution in [0.1, 0.15) is 34.2 Å². The Bertz CT molecular complexity index is 1260. The number of pyridine rings is 1. The van der Waals surface area contributed by atoms with Gasteiger partial charge >= 0.3 is 5.97 Å². The summed E-state index contributed by atoms with van der Waals surface area (Å²) in [4.78, 5) is 35.7. The average Bonchev–Trinajstić information content (AvgIpc) is 3.24. The Kier molecular flexibility index (Phi) is 6.46. The zero-order chi connectivity index (χ0) is 23.5. The Morgan fingerprint density at radius 3 is 2.64 bits per heavy atom. The molecule has 3 aromatic rings. The topological polar surface area (TPSA) is 76.8 Å². The summed E-state index contributed by atoms with van der Waals surface area (Å²) < 4.78 is 7.12. The predicted molar refractivity (Wildman–Crippen MR) is 131 cm³/mol. The second-order valence-corrected chi connectivity index (χ2v) is 8.52. The van der Waals surface area contributed by atoms with Crippen LogP contribution in [0.2, 0.25) is 0 Å². The molecular weight excluding hydrogens is 436 g/mol. The van der Waals surface area contributed by atoms with E-state index in [0.29, 0.717) is 27.9 Å².